The molecule has 1 heterocycles. The van der Waals surface area contributed by atoms with Gasteiger partial charge in [-0.25, -0.2) is 0 Å². The van der Waals surface area contributed by atoms with Crippen molar-refractivity contribution in [2.45, 2.75) is 53.1 Å². The molecule has 18 heavy (non-hydrogen) atoms. The van der Waals surface area contributed by atoms with Crippen LogP contribution in [0.2, 0.25) is 0 Å². The highest BCUT2D eigenvalue weighted by Crippen LogP contribution is 2.45. The predicted molar refractivity (Wildman–Crippen MR) is 79.3 cm³/mol. The Morgan fingerprint density at radius 1 is 0.944 bits per heavy atom. The van der Waals surface area contributed by atoms with Crippen molar-refractivity contribution >= 4 is 6.08 Å². The number of nitrogens with zero attached hydrogens (tertiary/aromatic N) is 1. The number of hydrogen-bond donors (Lipinski definition) is 0. The van der Waals surface area contributed by atoms with Crippen LogP contribution in [0.15, 0.2) is 30.5 Å². The van der Waals surface area contributed by atoms with Crippen LogP contribution in [0.5, 0.6) is 0 Å². The minimum absolute atomic E-state index is 0.141. The van der Waals surface area contributed by atoms with Gasteiger partial charge in [-0.05, 0) is 43.4 Å². The van der Waals surface area contributed by atoms with Crippen molar-refractivity contribution in [3.8, 4) is 0 Å². The summed E-state index contributed by atoms with van der Waals surface area (Å²) in [4.78, 5) is 2.50. The van der Waals surface area contributed by atoms with Gasteiger partial charge in [0.2, 0.25) is 0 Å². The minimum atomic E-state index is 0.141. The summed E-state index contributed by atoms with van der Waals surface area (Å²) < 4.78 is 0. The highest BCUT2D eigenvalue weighted by molar-refractivity contribution is 5.57. The predicted octanol–water partition coefficient (Wildman–Crippen LogP) is 4.86. The Kier molecular flexibility index (Phi) is 3.04. The lowest BCUT2D eigenvalue weighted by molar-refractivity contribution is 0.0672. The quantitative estimate of drug-likeness (QED) is 0.629. The van der Waals surface area contributed by atoms with Crippen LogP contribution >= 0.6 is 0 Å². The molecule has 1 heteroatoms. The van der Waals surface area contributed by atoms with Gasteiger partial charge in [0.05, 0.1) is 6.04 Å². The molecule has 1 aromatic rings. The van der Waals surface area contributed by atoms with Gasteiger partial charge in [-0.15, -0.1) is 0 Å². The monoisotopic (exact) mass is 243 g/mol. The number of hydrogen-bond acceptors (Lipinski definition) is 1. The van der Waals surface area contributed by atoms with Crippen LogP contribution in [0.1, 0.15) is 58.7 Å². The number of rotatable bonds is 0. The summed E-state index contributed by atoms with van der Waals surface area (Å²) in [6.07, 6.45) is 4.50. The lowest BCUT2D eigenvalue weighted by Crippen LogP contribution is -2.46. The van der Waals surface area contributed by atoms with E-state index in [4.69, 9.17) is 0 Å². The molecule has 0 fully saturated rings. The second-order valence-corrected chi connectivity index (χ2v) is 7.29. The zero-order valence-electron chi connectivity index (χ0n) is 12.5. The van der Waals surface area contributed by atoms with Crippen molar-refractivity contribution in [3.63, 3.8) is 0 Å². The first kappa shape index (κ1) is 13.2. The molecule has 0 saturated heterocycles. The zero-order valence-corrected chi connectivity index (χ0v) is 12.5. The van der Waals surface area contributed by atoms with Crippen LogP contribution in [0, 0.1) is 5.41 Å². The topological polar surface area (TPSA) is 3.24 Å². The van der Waals surface area contributed by atoms with Crippen molar-refractivity contribution < 1.29 is 0 Å². The molecular weight excluding hydrogens is 218 g/mol. The molecule has 0 bridgehead atoms. The molecule has 1 atom stereocenters. The van der Waals surface area contributed by atoms with Crippen LogP contribution in [0.4, 0.5) is 0 Å². The minimum Gasteiger partial charge on any atom is -0.365 e. The highest BCUT2D eigenvalue weighted by Gasteiger charge is 2.37. The smallest absolute Gasteiger partial charge is 0.0596 e. The molecule has 0 aliphatic carbocycles. The third-order valence-corrected chi connectivity index (χ3v) is 3.58. The summed E-state index contributed by atoms with van der Waals surface area (Å²) in [6, 6.07) is 9.18. The van der Waals surface area contributed by atoms with Crippen molar-refractivity contribution in [2.75, 3.05) is 0 Å². The Bertz CT molecular complexity index is 457. The second kappa shape index (κ2) is 4.15. The average molecular weight is 243 g/mol. The zero-order chi connectivity index (χ0) is 13.6. The van der Waals surface area contributed by atoms with Crippen LogP contribution in [-0.4, -0.2) is 10.4 Å². The largest absolute Gasteiger partial charge is 0.365 e. The van der Waals surface area contributed by atoms with E-state index < -0.39 is 0 Å². The van der Waals surface area contributed by atoms with E-state index in [2.05, 4.69) is 83.0 Å². The lowest BCUT2D eigenvalue weighted by Gasteiger charge is -2.49. The fourth-order valence-corrected chi connectivity index (χ4v) is 2.80. The molecule has 1 aliphatic heterocycles. The van der Waals surface area contributed by atoms with Crippen molar-refractivity contribution in [1.29, 1.82) is 0 Å². The summed E-state index contributed by atoms with van der Waals surface area (Å²) in [7, 11) is 0. The van der Waals surface area contributed by atoms with Crippen molar-refractivity contribution in [1.82, 2.24) is 4.90 Å². The first-order valence-electron chi connectivity index (χ1n) is 6.77. The molecule has 1 nitrogen and oxygen atoms in total. The lowest BCUT2D eigenvalue weighted by atomic mass is 9.77. The van der Waals surface area contributed by atoms with Crippen LogP contribution < -0.4 is 0 Å². The van der Waals surface area contributed by atoms with E-state index in [0.717, 1.165) is 0 Å². The van der Waals surface area contributed by atoms with Gasteiger partial charge in [-0.2, -0.15) is 0 Å². The van der Waals surface area contributed by atoms with E-state index in [0.29, 0.717) is 6.04 Å². The van der Waals surface area contributed by atoms with Crippen molar-refractivity contribution in [2.24, 2.45) is 5.41 Å². The normalized spacial score (nSPS) is 19.9. The first-order chi connectivity index (χ1) is 8.21. The van der Waals surface area contributed by atoms with E-state index >= 15 is 0 Å². The molecule has 98 valence electrons. The molecule has 0 spiro atoms. The third-order valence-electron chi connectivity index (χ3n) is 3.58. The Morgan fingerprint density at radius 3 is 2.11 bits per heavy atom. The Labute approximate surface area is 112 Å². The Morgan fingerprint density at radius 2 is 1.56 bits per heavy atom. The Hall–Kier alpha value is -1.24. The van der Waals surface area contributed by atoms with E-state index in [1.807, 2.05) is 0 Å². The molecule has 0 aromatic heterocycles. The molecule has 1 aliphatic rings. The maximum atomic E-state index is 2.50. The summed E-state index contributed by atoms with van der Waals surface area (Å²) in [5.41, 5.74) is 3.16. The van der Waals surface area contributed by atoms with Crippen LogP contribution in [0.3, 0.4) is 0 Å². The molecule has 0 N–H and O–H groups in total. The van der Waals surface area contributed by atoms with Crippen molar-refractivity contribution in [3.05, 3.63) is 41.6 Å². The number of benzene rings is 1. The SMILES string of the molecule is CC(C)(C)[C@@H]1c2ccccc2C=CN1C(C)(C)C. The third kappa shape index (κ3) is 2.31. The van der Waals surface area contributed by atoms with Gasteiger partial charge in [0, 0.05) is 11.7 Å². The standard InChI is InChI=1S/C17H25N/c1-16(2,3)15-14-10-8-7-9-13(14)11-12-18(15)17(4,5)6/h7-12,15H,1-6H3/t15-/m0/s1. The van der Waals surface area contributed by atoms with E-state index in [1.165, 1.54) is 11.1 Å². The van der Waals surface area contributed by atoms with Gasteiger partial charge in [0.1, 0.15) is 0 Å². The Balaban J connectivity index is 2.56. The molecule has 0 amide bonds. The van der Waals surface area contributed by atoms with E-state index in [-0.39, 0.29) is 11.0 Å². The van der Waals surface area contributed by atoms with E-state index in [9.17, 15) is 0 Å². The van der Waals surface area contributed by atoms with Gasteiger partial charge >= 0.3 is 0 Å². The van der Waals surface area contributed by atoms with Gasteiger partial charge in [-0.3, -0.25) is 0 Å². The van der Waals surface area contributed by atoms with Crippen LogP contribution in [-0.2, 0) is 0 Å². The second-order valence-electron chi connectivity index (χ2n) is 7.29. The summed E-state index contributed by atoms with van der Waals surface area (Å²) >= 11 is 0. The van der Waals surface area contributed by atoms with Gasteiger partial charge in [-0.1, -0.05) is 45.0 Å². The fraction of sp³-hybridized carbons (Fsp3) is 0.529. The summed E-state index contributed by atoms with van der Waals surface area (Å²) in [5.74, 6) is 0. The molecule has 0 saturated carbocycles. The molecular formula is C17H25N. The molecule has 2 rings (SSSR count). The highest BCUT2D eigenvalue weighted by atomic mass is 15.2. The molecule has 0 unspecified atom stereocenters. The summed E-state index contributed by atoms with van der Waals surface area (Å²) in [5, 5.41) is 0. The molecule has 0 radical (unpaired) electrons. The molecule has 1 aromatic carbocycles. The van der Waals surface area contributed by atoms with Crippen LogP contribution in [0.25, 0.3) is 6.08 Å². The maximum absolute atomic E-state index is 2.50. The summed E-state index contributed by atoms with van der Waals surface area (Å²) in [6.45, 7) is 13.8. The first-order valence-corrected chi connectivity index (χ1v) is 6.77. The van der Waals surface area contributed by atoms with E-state index in [1.54, 1.807) is 0 Å². The van der Waals surface area contributed by atoms with Gasteiger partial charge in [0.15, 0.2) is 0 Å². The number of fused-ring (bicyclic) bond motifs is 1. The van der Waals surface area contributed by atoms with Gasteiger partial charge < -0.3 is 4.90 Å². The average Bonchev–Trinajstić information content (AvgIpc) is 2.24. The fourth-order valence-electron chi connectivity index (χ4n) is 2.80. The van der Waals surface area contributed by atoms with Gasteiger partial charge in [0.25, 0.3) is 0 Å². The maximum Gasteiger partial charge on any atom is 0.0596 e.